The lowest BCUT2D eigenvalue weighted by atomic mass is 10.1. The van der Waals surface area contributed by atoms with E-state index < -0.39 is 5.91 Å². The predicted molar refractivity (Wildman–Crippen MR) is 95.2 cm³/mol. The highest BCUT2D eigenvalue weighted by atomic mass is 35.5. The summed E-state index contributed by atoms with van der Waals surface area (Å²) in [6, 6.07) is 10.7. The van der Waals surface area contributed by atoms with Crippen molar-refractivity contribution in [2.45, 2.75) is 13.8 Å². The molecule has 128 valence electrons. The van der Waals surface area contributed by atoms with Crippen LogP contribution in [-0.2, 0) is 0 Å². The number of nitrogens with zero attached hydrogens (tertiary/aromatic N) is 2. The first-order valence-corrected chi connectivity index (χ1v) is 7.91. The van der Waals surface area contributed by atoms with E-state index in [1.165, 1.54) is 13.2 Å². The quantitative estimate of drug-likeness (QED) is 0.754. The van der Waals surface area contributed by atoms with E-state index in [0.717, 1.165) is 16.7 Å². The summed E-state index contributed by atoms with van der Waals surface area (Å²) in [6.07, 6.45) is 0. The summed E-state index contributed by atoms with van der Waals surface area (Å²) in [5.74, 6) is 0.283. The van der Waals surface area contributed by atoms with Crippen molar-refractivity contribution in [1.82, 2.24) is 10.2 Å². The summed E-state index contributed by atoms with van der Waals surface area (Å²) >= 11 is 5.95. The first kappa shape index (κ1) is 17.0. The molecule has 0 saturated carbocycles. The first-order chi connectivity index (χ1) is 12.0. The number of amides is 1. The normalized spacial score (nSPS) is 10.6. The van der Waals surface area contributed by atoms with Crippen molar-refractivity contribution in [1.29, 1.82) is 0 Å². The summed E-state index contributed by atoms with van der Waals surface area (Å²) in [5.41, 5.74) is 3.25. The van der Waals surface area contributed by atoms with Gasteiger partial charge >= 0.3 is 6.01 Å². The average molecular weight is 358 g/mol. The van der Waals surface area contributed by atoms with E-state index in [4.69, 9.17) is 20.8 Å². The van der Waals surface area contributed by atoms with Gasteiger partial charge in [0.15, 0.2) is 0 Å². The zero-order valence-corrected chi connectivity index (χ0v) is 14.7. The van der Waals surface area contributed by atoms with E-state index in [9.17, 15) is 4.79 Å². The van der Waals surface area contributed by atoms with Crippen LogP contribution < -0.4 is 10.1 Å². The molecule has 25 heavy (non-hydrogen) atoms. The van der Waals surface area contributed by atoms with Crippen molar-refractivity contribution in [2.75, 3.05) is 12.4 Å². The molecule has 2 aromatic carbocycles. The Balaban J connectivity index is 1.84. The third-order valence-corrected chi connectivity index (χ3v) is 3.76. The molecule has 3 rings (SSSR count). The molecule has 0 bridgehead atoms. The summed E-state index contributed by atoms with van der Waals surface area (Å²) in [5, 5.41) is 10.8. The van der Waals surface area contributed by atoms with Crippen molar-refractivity contribution in [3.63, 3.8) is 0 Å². The number of rotatable bonds is 4. The Labute approximate surface area is 149 Å². The van der Waals surface area contributed by atoms with E-state index in [2.05, 4.69) is 15.5 Å². The zero-order valence-electron chi connectivity index (χ0n) is 14.0. The lowest BCUT2D eigenvalue weighted by Gasteiger charge is -2.07. The average Bonchev–Trinajstić information content (AvgIpc) is 3.02. The molecule has 3 aromatic rings. The van der Waals surface area contributed by atoms with Crippen molar-refractivity contribution in [2.24, 2.45) is 0 Å². The van der Waals surface area contributed by atoms with E-state index in [-0.39, 0.29) is 11.6 Å². The number of methoxy groups -OCH3 is 1. The van der Waals surface area contributed by atoms with Crippen molar-refractivity contribution in [3.05, 3.63) is 58.1 Å². The number of anilines is 1. The highest BCUT2D eigenvalue weighted by Gasteiger charge is 2.17. The fraction of sp³-hybridized carbons (Fsp3) is 0.167. The van der Waals surface area contributed by atoms with E-state index in [1.807, 2.05) is 32.0 Å². The molecule has 0 aliphatic heterocycles. The molecule has 0 radical (unpaired) electrons. The molecule has 1 N–H and O–H groups in total. The van der Waals surface area contributed by atoms with Crippen molar-refractivity contribution in [3.8, 4) is 17.2 Å². The summed E-state index contributed by atoms with van der Waals surface area (Å²) in [7, 11) is 1.48. The molecule has 0 unspecified atom stereocenters. The van der Waals surface area contributed by atoms with Crippen LogP contribution in [0.3, 0.4) is 0 Å². The van der Waals surface area contributed by atoms with Gasteiger partial charge in [-0.1, -0.05) is 33.9 Å². The Morgan fingerprint density at radius 2 is 1.84 bits per heavy atom. The Bertz CT molecular complexity index is 917. The summed E-state index contributed by atoms with van der Waals surface area (Å²) < 4.78 is 10.7. The fourth-order valence-corrected chi connectivity index (χ4v) is 2.68. The third kappa shape index (κ3) is 3.80. The van der Waals surface area contributed by atoms with Gasteiger partial charge < -0.3 is 9.15 Å². The summed E-state index contributed by atoms with van der Waals surface area (Å²) in [6.45, 7) is 3.97. The molecule has 0 saturated heterocycles. The molecular weight excluding hydrogens is 342 g/mol. The molecular formula is C18H16ClN3O3. The van der Waals surface area contributed by atoms with E-state index >= 15 is 0 Å². The van der Waals surface area contributed by atoms with Crippen LogP contribution in [0.1, 0.15) is 21.5 Å². The van der Waals surface area contributed by atoms with Gasteiger partial charge in [0.25, 0.3) is 5.91 Å². The van der Waals surface area contributed by atoms with Gasteiger partial charge in [0, 0.05) is 10.6 Å². The van der Waals surface area contributed by atoms with Gasteiger partial charge in [0.1, 0.15) is 5.75 Å². The molecule has 6 nitrogen and oxygen atoms in total. The van der Waals surface area contributed by atoms with Crippen LogP contribution in [0.2, 0.25) is 5.02 Å². The van der Waals surface area contributed by atoms with Gasteiger partial charge in [-0.2, -0.15) is 0 Å². The van der Waals surface area contributed by atoms with Gasteiger partial charge in [-0.15, -0.1) is 5.10 Å². The highest BCUT2D eigenvalue weighted by Crippen LogP contribution is 2.25. The number of nitrogens with one attached hydrogen (secondary N) is 1. The standard InChI is InChI=1S/C18H16ClN3O3/c1-10-6-11(2)8-12(7-10)17-21-22-18(25-17)20-16(23)14-9-13(19)4-5-15(14)24-3/h4-9H,1-3H3,(H,20,22,23). The second-order valence-electron chi connectivity index (χ2n) is 5.59. The number of hydrogen-bond acceptors (Lipinski definition) is 5. The van der Waals surface area contributed by atoms with E-state index in [1.54, 1.807) is 12.1 Å². The number of carbonyl (C=O) groups is 1. The minimum absolute atomic E-state index is 0.00110. The van der Waals surface area contributed by atoms with Crippen LogP contribution in [0.5, 0.6) is 5.75 Å². The maximum Gasteiger partial charge on any atom is 0.322 e. The molecule has 0 aliphatic rings. The lowest BCUT2D eigenvalue weighted by Crippen LogP contribution is -2.13. The number of ether oxygens (including phenoxy) is 1. The first-order valence-electron chi connectivity index (χ1n) is 7.53. The van der Waals surface area contributed by atoms with E-state index in [0.29, 0.717) is 16.7 Å². The number of hydrogen-bond donors (Lipinski definition) is 1. The Morgan fingerprint density at radius 3 is 2.52 bits per heavy atom. The Morgan fingerprint density at radius 1 is 1.12 bits per heavy atom. The van der Waals surface area contributed by atoms with Gasteiger partial charge in [-0.3, -0.25) is 10.1 Å². The van der Waals surface area contributed by atoms with Crippen LogP contribution in [-0.4, -0.2) is 23.2 Å². The number of carbonyl (C=O) groups excluding carboxylic acids is 1. The maximum absolute atomic E-state index is 12.4. The topological polar surface area (TPSA) is 77.2 Å². The van der Waals surface area contributed by atoms with Crippen molar-refractivity contribution < 1.29 is 13.9 Å². The molecule has 0 aliphatic carbocycles. The molecule has 7 heteroatoms. The molecule has 1 aromatic heterocycles. The van der Waals surface area contributed by atoms with Gasteiger partial charge in [-0.05, 0) is 44.2 Å². The molecule has 0 fully saturated rings. The van der Waals surface area contributed by atoms with Crippen LogP contribution in [0.4, 0.5) is 6.01 Å². The summed E-state index contributed by atoms with van der Waals surface area (Å²) in [4.78, 5) is 12.4. The van der Waals surface area contributed by atoms with Crippen LogP contribution >= 0.6 is 11.6 Å². The molecule has 1 amide bonds. The number of aryl methyl sites for hydroxylation is 2. The third-order valence-electron chi connectivity index (χ3n) is 3.52. The highest BCUT2D eigenvalue weighted by molar-refractivity contribution is 6.31. The smallest absolute Gasteiger partial charge is 0.322 e. The number of benzene rings is 2. The zero-order chi connectivity index (χ0) is 18.0. The lowest BCUT2D eigenvalue weighted by molar-refractivity contribution is 0.102. The minimum Gasteiger partial charge on any atom is -0.496 e. The molecule has 1 heterocycles. The molecule has 0 spiro atoms. The fourth-order valence-electron chi connectivity index (χ4n) is 2.51. The Hall–Kier alpha value is -2.86. The number of aromatic nitrogens is 2. The molecule has 0 atom stereocenters. The van der Waals surface area contributed by atoms with Gasteiger partial charge in [0.05, 0.1) is 12.7 Å². The van der Waals surface area contributed by atoms with Crippen LogP contribution in [0, 0.1) is 13.8 Å². The SMILES string of the molecule is COc1ccc(Cl)cc1C(=O)Nc1nnc(-c2cc(C)cc(C)c2)o1. The minimum atomic E-state index is -0.449. The largest absolute Gasteiger partial charge is 0.496 e. The maximum atomic E-state index is 12.4. The van der Waals surface area contributed by atoms with Gasteiger partial charge in [0.2, 0.25) is 5.89 Å². The predicted octanol–water partition coefficient (Wildman–Crippen LogP) is 4.27. The van der Waals surface area contributed by atoms with Gasteiger partial charge in [-0.25, -0.2) is 0 Å². The van der Waals surface area contributed by atoms with Crippen LogP contribution in [0.15, 0.2) is 40.8 Å². The number of halogens is 1. The monoisotopic (exact) mass is 357 g/mol. The second kappa shape index (κ2) is 6.94. The van der Waals surface area contributed by atoms with Crippen LogP contribution in [0.25, 0.3) is 11.5 Å². The van der Waals surface area contributed by atoms with Crippen molar-refractivity contribution >= 4 is 23.5 Å². The second-order valence-corrected chi connectivity index (χ2v) is 6.02. The Kier molecular flexibility index (Phi) is 4.72.